The molecule has 0 radical (unpaired) electrons. The minimum Gasteiger partial charge on any atom is -0.335 e. The summed E-state index contributed by atoms with van der Waals surface area (Å²) in [6.45, 7) is 4.09. The predicted octanol–water partition coefficient (Wildman–Crippen LogP) is 1.28. The summed E-state index contributed by atoms with van der Waals surface area (Å²) in [5, 5.41) is 3.17. The highest BCUT2D eigenvalue weighted by Gasteiger charge is 2.22. The fraction of sp³-hybridized carbons (Fsp3) is 0.917. The van der Waals surface area contributed by atoms with E-state index in [9.17, 15) is 4.79 Å². The van der Waals surface area contributed by atoms with Crippen LogP contribution in [0.15, 0.2) is 0 Å². The quantitative estimate of drug-likeness (QED) is 0.729. The van der Waals surface area contributed by atoms with Crippen molar-refractivity contribution >= 4 is 6.03 Å². The van der Waals surface area contributed by atoms with Crippen LogP contribution in [0.4, 0.5) is 4.79 Å². The Kier molecular flexibility index (Phi) is 4.04. The molecule has 0 aromatic heterocycles. The molecule has 2 rings (SSSR count). The lowest BCUT2D eigenvalue weighted by Crippen LogP contribution is -2.49. The van der Waals surface area contributed by atoms with Gasteiger partial charge in [-0.3, -0.25) is 0 Å². The molecular formula is C12H23N3O. The predicted molar refractivity (Wildman–Crippen MR) is 64.5 cm³/mol. The van der Waals surface area contributed by atoms with Crippen molar-refractivity contribution in [3.05, 3.63) is 0 Å². The number of carbonyl (C=O) groups excluding carboxylic acids is 1. The fourth-order valence-corrected chi connectivity index (χ4v) is 2.52. The van der Waals surface area contributed by atoms with E-state index in [1.165, 1.54) is 19.3 Å². The van der Waals surface area contributed by atoms with Crippen LogP contribution in [0.3, 0.4) is 0 Å². The summed E-state index contributed by atoms with van der Waals surface area (Å²) in [6, 6.07) is 0.555. The van der Waals surface area contributed by atoms with E-state index in [2.05, 4.69) is 17.3 Å². The van der Waals surface area contributed by atoms with E-state index in [-0.39, 0.29) is 6.03 Å². The minimum atomic E-state index is 0.161. The molecule has 0 spiro atoms. The highest BCUT2D eigenvalue weighted by molar-refractivity contribution is 5.74. The Morgan fingerprint density at radius 2 is 1.69 bits per heavy atom. The number of carbonyl (C=O) groups is 1. The first kappa shape index (κ1) is 11.7. The van der Waals surface area contributed by atoms with Gasteiger partial charge in [0.05, 0.1) is 0 Å². The molecule has 2 aliphatic heterocycles. The first-order valence-corrected chi connectivity index (χ1v) is 6.50. The molecule has 0 unspecified atom stereocenters. The molecule has 2 fully saturated rings. The molecule has 2 amide bonds. The monoisotopic (exact) mass is 225 g/mol. The maximum absolute atomic E-state index is 11.9. The van der Waals surface area contributed by atoms with Crippen molar-refractivity contribution in [2.24, 2.45) is 0 Å². The maximum Gasteiger partial charge on any atom is 0.317 e. The zero-order chi connectivity index (χ0) is 11.4. The molecule has 0 aromatic rings. The molecule has 0 aromatic carbocycles. The summed E-state index contributed by atoms with van der Waals surface area (Å²) in [5.74, 6) is 0. The summed E-state index contributed by atoms with van der Waals surface area (Å²) in [5.41, 5.74) is 0. The second-order valence-electron chi connectivity index (χ2n) is 5.07. The van der Waals surface area contributed by atoms with Crippen LogP contribution in [-0.4, -0.2) is 55.1 Å². The average Bonchev–Trinajstić information content (AvgIpc) is 2.33. The van der Waals surface area contributed by atoms with Crippen molar-refractivity contribution in [3.8, 4) is 0 Å². The van der Waals surface area contributed by atoms with Gasteiger partial charge in [0.1, 0.15) is 0 Å². The third kappa shape index (κ3) is 3.11. The summed E-state index contributed by atoms with van der Waals surface area (Å²) in [7, 11) is 2.14. The van der Waals surface area contributed by atoms with E-state index in [0.29, 0.717) is 6.04 Å². The molecule has 2 saturated heterocycles. The molecule has 0 saturated carbocycles. The Morgan fingerprint density at radius 3 is 2.31 bits per heavy atom. The van der Waals surface area contributed by atoms with E-state index in [1.807, 2.05) is 4.90 Å². The molecule has 16 heavy (non-hydrogen) atoms. The first-order valence-electron chi connectivity index (χ1n) is 6.50. The van der Waals surface area contributed by atoms with E-state index in [1.54, 1.807) is 0 Å². The summed E-state index contributed by atoms with van der Waals surface area (Å²) in [6.07, 6.45) is 5.80. The molecule has 4 nitrogen and oxygen atoms in total. The van der Waals surface area contributed by atoms with Crippen molar-refractivity contribution < 1.29 is 4.79 Å². The van der Waals surface area contributed by atoms with Crippen LogP contribution in [0.2, 0.25) is 0 Å². The molecule has 92 valence electrons. The fourth-order valence-electron chi connectivity index (χ4n) is 2.52. The number of nitrogens with one attached hydrogen (secondary N) is 1. The van der Waals surface area contributed by atoms with Gasteiger partial charge in [-0.25, -0.2) is 4.79 Å². The Labute approximate surface area is 98.0 Å². The summed E-state index contributed by atoms with van der Waals surface area (Å²) in [4.78, 5) is 16.2. The van der Waals surface area contributed by atoms with Gasteiger partial charge >= 0.3 is 6.03 Å². The number of urea groups is 1. The van der Waals surface area contributed by atoms with Crippen molar-refractivity contribution in [2.45, 2.75) is 38.1 Å². The highest BCUT2D eigenvalue weighted by Crippen LogP contribution is 2.11. The minimum absolute atomic E-state index is 0.161. The van der Waals surface area contributed by atoms with E-state index in [4.69, 9.17) is 0 Å². The van der Waals surface area contributed by atoms with Gasteiger partial charge in [-0.15, -0.1) is 0 Å². The lowest BCUT2D eigenvalue weighted by atomic mass is 10.1. The van der Waals surface area contributed by atoms with E-state index >= 15 is 0 Å². The maximum atomic E-state index is 11.9. The second kappa shape index (κ2) is 5.53. The molecule has 2 aliphatic rings. The molecule has 4 heteroatoms. The molecule has 1 N–H and O–H groups in total. The zero-order valence-electron chi connectivity index (χ0n) is 10.2. The van der Waals surface area contributed by atoms with Crippen molar-refractivity contribution in [3.63, 3.8) is 0 Å². The number of nitrogens with zero attached hydrogens (tertiary/aromatic N) is 2. The Balaban J connectivity index is 1.73. The van der Waals surface area contributed by atoms with Crippen LogP contribution in [0.25, 0.3) is 0 Å². The molecular weight excluding hydrogens is 202 g/mol. The molecule has 0 aliphatic carbocycles. The van der Waals surface area contributed by atoms with Gasteiger partial charge in [0, 0.05) is 19.1 Å². The number of hydrogen-bond acceptors (Lipinski definition) is 2. The van der Waals surface area contributed by atoms with Crippen molar-refractivity contribution in [1.29, 1.82) is 0 Å². The summed E-state index contributed by atoms with van der Waals surface area (Å²) < 4.78 is 0. The van der Waals surface area contributed by atoms with Crippen LogP contribution in [-0.2, 0) is 0 Å². The SMILES string of the molecule is CN1CCC(NC(=O)N2CCCCC2)CC1. The van der Waals surface area contributed by atoms with Gasteiger partial charge in [-0.2, -0.15) is 0 Å². The number of amides is 2. The lowest BCUT2D eigenvalue weighted by molar-refractivity contribution is 0.172. The van der Waals surface area contributed by atoms with Gasteiger partial charge in [-0.05, 0) is 52.2 Å². The van der Waals surface area contributed by atoms with E-state index < -0.39 is 0 Å². The van der Waals surface area contributed by atoms with Crippen LogP contribution in [0.1, 0.15) is 32.1 Å². The third-order valence-electron chi connectivity index (χ3n) is 3.69. The van der Waals surface area contributed by atoms with Gasteiger partial charge in [0.2, 0.25) is 0 Å². The highest BCUT2D eigenvalue weighted by atomic mass is 16.2. The van der Waals surface area contributed by atoms with Crippen LogP contribution in [0, 0.1) is 0 Å². The van der Waals surface area contributed by atoms with Crippen LogP contribution < -0.4 is 5.32 Å². The largest absolute Gasteiger partial charge is 0.335 e. The number of rotatable bonds is 1. The Morgan fingerprint density at radius 1 is 1.06 bits per heavy atom. The van der Waals surface area contributed by atoms with E-state index in [0.717, 1.165) is 39.0 Å². The molecule has 0 bridgehead atoms. The topological polar surface area (TPSA) is 35.6 Å². The Hall–Kier alpha value is -0.770. The molecule has 0 atom stereocenters. The first-order chi connectivity index (χ1) is 7.75. The van der Waals surface area contributed by atoms with Gasteiger partial charge < -0.3 is 15.1 Å². The molecule has 2 heterocycles. The second-order valence-corrected chi connectivity index (χ2v) is 5.07. The number of piperidine rings is 2. The van der Waals surface area contributed by atoms with Gasteiger partial charge in [0.25, 0.3) is 0 Å². The standard InChI is InChI=1S/C12H23N3O/c1-14-9-5-11(6-10-14)13-12(16)15-7-3-2-4-8-15/h11H,2-10H2,1H3,(H,13,16). The Bertz CT molecular complexity index is 230. The normalized spacial score (nSPS) is 24.4. The van der Waals surface area contributed by atoms with Crippen LogP contribution in [0.5, 0.6) is 0 Å². The van der Waals surface area contributed by atoms with Crippen molar-refractivity contribution in [1.82, 2.24) is 15.1 Å². The summed E-state index contributed by atoms with van der Waals surface area (Å²) >= 11 is 0. The lowest BCUT2D eigenvalue weighted by Gasteiger charge is -2.33. The number of likely N-dealkylation sites (tertiary alicyclic amines) is 2. The number of hydrogen-bond donors (Lipinski definition) is 1. The van der Waals surface area contributed by atoms with Crippen molar-refractivity contribution in [2.75, 3.05) is 33.2 Å². The third-order valence-corrected chi connectivity index (χ3v) is 3.69. The van der Waals surface area contributed by atoms with Crippen LogP contribution >= 0.6 is 0 Å². The van der Waals surface area contributed by atoms with Gasteiger partial charge in [0.15, 0.2) is 0 Å². The zero-order valence-corrected chi connectivity index (χ0v) is 10.2. The van der Waals surface area contributed by atoms with Gasteiger partial charge in [-0.1, -0.05) is 0 Å². The average molecular weight is 225 g/mol. The smallest absolute Gasteiger partial charge is 0.317 e.